The van der Waals surface area contributed by atoms with Crippen LogP contribution in [0.25, 0.3) is 11.1 Å². The van der Waals surface area contributed by atoms with Crippen LogP contribution in [0.3, 0.4) is 0 Å². The van der Waals surface area contributed by atoms with E-state index in [0.717, 1.165) is 16.7 Å². The number of aromatic nitrogens is 1. The zero-order valence-electron chi connectivity index (χ0n) is 10.5. The van der Waals surface area contributed by atoms with Crippen molar-refractivity contribution in [1.82, 2.24) is 4.98 Å². The highest BCUT2D eigenvalue weighted by molar-refractivity contribution is 5.68. The van der Waals surface area contributed by atoms with Crippen molar-refractivity contribution in [3.05, 3.63) is 54.4 Å². The van der Waals surface area contributed by atoms with Crippen molar-refractivity contribution >= 4 is 0 Å². The minimum atomic E-state index is -1.41. The average molecular weight is 243 g/mol. The molecule has 0 atom stereocenters. The molecule has 0 radical (unpaired) electrons. The highest BCUT2D eigenvalue weighted by atomic mass is 16.5. The molecule has 1 heterocycles. The molecule has 2 rings (SSSR count). The van der Waals surface area contributed by atoms with Crippen LogP contribution in [0.4, 0.5) is 0 Å². The molecule has 94 valence electrons. The summed E-state index contributed by atoms with van der Waals surface area (Å²) < 4.78 is 0. The predicted octanol–water partition coefficient (Wildman–Crippen LogP) is 2.34. The molecule has 2 N–H and O–H groups in total. The molecule has 1 aromatic carbocycles. The van der Waals surface area contributed by atoms with Crippen LogP contribution < -0.4 is 0 Å². The number of hydrogen-bond donors (Lipinski definition) is 2. The van der Waals surface area contributed by atoms with Crippen molar-refractivity contribution in [3.8, 4) is 11.1 Å². The van der Waals surface area contributed by atoms with E-state index in [4.69, 9.17) is 0 Å². The van der Waals surface area contributed by atoms with E-state index in [1.807, 2.05) is 50.2 Å². The molecule has 0 amide bonds. The summed E-state index contributed by atoms with van der Waals surface area (Å²) in [6, 6.07) is 11.6. The first-order valence-corrected chi connectivity index (χ1v) is 5.89. The van der Waals surface area contributed by atoms with E-state index in [1.165, 1.54) is 0 Å². The molecule has 0 saturated heterocycles. The van der Waals surface area contributed by atoms with E-state index in [1.54, 1.807) is 12.4 Å². The Bertz CT molecular complexity index is 521. The Labute approximate surface area is 107 Å². The second-order valence-corrected chi connectivity index (χ2v) is 4.88. The lowest BCUT2D eigenvalue weighted by atomic mass is 9.80. The number of pyridine rings is 1. The predicted molar refractivity (Wildman–Crippen MR) is 70.9 cm³/mol. The summed E-state index contributed by atoms with van der Waals surface area (Å²) in [5.74, 6) is 0. The van der Waals surface area contributed by atoms with E-state index < -0.39 is 11.7 Å². The third-order valence-corrected chi connectivity index (χ3v) is 3.24. The van der Waals surface area contributed by atoms with Gasteiger partial charge >= 0.3 is 0 Å². The van der Waals surface area contributed by atoms with E-state index >= 15 is 0 Å². The summed E-state index contributed by atoms with van der Waals surface area (Å²) in [5.41, 5.74) is 2.12. The first-order chi connectivity index (χ1) is 8.53. The maximum Gasteiger partial charge on any atom is 0.160 e. The van der Waals surface area contributed by atoms with Crippen molar-refractivity contribution in [2.45, 2.75) is 25.6 Å². The third-order valence-electron chi connectivity index (χ3n) is 3.24. The van der Waals surface area contributed by atoms with Crippen molar-refractivity contribution in [1.29, 1.82) is 0 Å². The molecular weight excluding hydrogens is 226 g/mol. The molecule has 2 aromatic rings. The van der Waals surface area contributed by atoms with Gasteiger partial charge in [-0.05, 0) is 17.2 Å². The van der Waals surface area contributed by atoms with Gasteiger partial charge in [0.05, 0.1) is 0 Å². The Kier molecular flexibility index (Phi) is 3.45. The Morgan fingerprint density at radius 3 is 2.39 bits per heavy atom. The summed E-state index contributed by atoms with van der Waals surface area (Å²) in [4.78, 5) is 4.10. The first kappa shape index (κ1) is 12.7. The number of nitrogens with zero attached hydrogens (tertiary/aromatic N) is 1. The van der Waals surface area contributed by atoms with Crippen molar-refractivity contribution in [2.75, 3.05) is 0 Å². The topological polar surface area (TPSA) is 53.4 Å². The van der Waals surface area contributed by atoms with Crippen LogP contribution in [0.2, 0.25) is 0 Å². The Hall–Kier alpha value is -1.71. The standard InChI is InChI=1S/C15H17NO2/c1-15(2,14(17)18)13-8-4-3-7-12(13)11-6-5-9-16-10-11/h3-10,14,17-18H,1-2H3. The van der Waals surface area contributed by atoms with Gasteiger partial charge in [0.1, 0.15) is 0 Å². The van der Waals surface area contributed by atoms with Gasteiger partial charge < -0.3 is 10.2 Å². The quantitative estimate of drug-likeness (QED) is 0.813. The summed E-state index contributed by atoms with van der Waals surface area (Å²) >= 11 is 0. The average Bonchev–Trinajstić information content (AvgIpc) is 2.39. The molecule has 0 aliphatic carbocycles. The van der Waals surface area contributed by atoms with E-state index in [9.17, 15) is 10.2 Å². The zero-order chi connectivity index (χ0) is 13.2. The lowest BCUT2D eigenvalue weighted by molar-refractivity contribution is -0.0889. The summed E-state index contributed by atoms with van der Waals surface area (Å²) in [5, 5.41) is 19.1. The maximum absolute atomic E-state index is 9.54. The Balaban J connectivity index is 2.57. The van der Waals surface area contributed by atoms with E-state index in [-0.39, 0.29) is 0 Å². The SMILES string of the molecule is CC(C)(c1ccccc1-c1cccnc1)C(O)O. The van der Waals surface area contributed by atoms with Crippen LogP contribution in [-0.4, -0.2) is 21.5 Å². The van der Waals surface area contributed by atoms with Crippen molar-refractivity contribution < 1.29 is 10.2 Å². The summed E-state index contributed by atoms with van der Waals surface area (Å²) in [7, 11) is 0. The summed E-state index contributed by atoms with van der Waals surface area (Å²) in [6.45, 7) is 3.62. The van der Waals surface area contributed by atoms with Gasteiger partial charge in [0.25, 0.3) is 0 Å². The van der Waals surface area contributed by atoms with E-state index in [0.29, 0.717) is 0 Å². The number of benzene rings is 1. The van der Waals surface area contributed by atoms with Gasteiger partial charge in [0.15, 0.2) is 6.29 Å². The lowest BCUT2D eigenvalue weighted by Crippen LogP contribution is -2.33. The van der Waals surface area contributed by atoms with Crippen LogP contribution >= 0.6 is 0 Å². The highest BCUT2D eigenvalue weighted by Gasteiger charge is 2.30. The largest absolute Gasteiger partial charge is 0.367 e. The van der Waals surface area contributed by atoms with Crippen LogP contribution in [0.5, 0.6) is 0 Å². The molecule has 18 heavy (non-hydrogen) atoms. The van der Waals surface area contributed by atoms with Crippen LogP contribution in [0.15, 0.2) is 48.8 Å². The van der Waals surface area contributed by atoms with Gasteiger partial charge in [-0.1, -0.05) is 44.2 Å². The van der Waals surface area contributed by atoms with Gasteiger partial charge in [-0.15, -0.1) is 0 Å². The number of aliphatic hydroxyl groups is 2. The molecular formula is C15H17NO2. The molecule has 0 saturated carbocycles. The van der Waals surface area contributed by atoms with Crippen LogP contribution in [-0.2, 0) is 5.41 Å². The zero-order valence-corrected chi connectivity index (χ0v) is 10.5. The number of hydrogen-bond acceptors (Lipinski definition) is 3. The van der Waals surface area contributed by atoms with Crippen LogP contribution in [0, 0.1) is 0 Å². The van der Waals surface area contributed by atoms with Crippen molar-refractivity contribution in [2.24, 2.45) is 0 Å². The fourth-order valence-electron chi connectivity index (χ4n) is 1.96. The second kappa shape index (κ2) is 4.88. The maximum atomic E-state index is 9.54. The smallest absolute Gasteiger partial charge is 0.160 e. The number of aliphatic hydroxyl groups excluding tert-OH is 1. The molecule has 0 bridgehead atoms. The van der Waals surface area contributed by atoms with Gasteiger partial charge in [0, 0.05) is 23.4 Å². The van der Waals surface area contributed by atoms with Crippen LogP contribution in [0.1, 0.15) is 19.4 Å². The molecule has 0 aliphatic heterocycles. The lowest BCUT2D eigenvalue weighted by Gasteiger charge is -2.29. The fraction of sp³-hybridized carbons (Fsp3) is 0.267. The first-order valence-electron chi connectivity index (χ1n) is 5.89. The molecule has 0 spiro atoms. The van der Waals surface area contributed by atoms with Gasteiger partial charge in [0.2, 0.25) is 0 Å². The highest BCUT2D eigenvalue weighted by Crippen LogP contribution is 2.34. The molecule has 3 nitrogen and oxygen atoms in total. The number of rotatable bonds is 3. The van der Waals surface area contributed by atoms with Gasteiger partial charge in [-0.25, -0.2) is 0 Å². The van der Waals surface area contributed by atoms with Crippen molar-refractivity contribution in [3.63, 3.8) is 0 Å². The Morgan fingerprint density at radius 2 is 1.78 bits per heavy atom. The molecule has 1 aromatic heterocycles. The summed E-state index contributed by atoms with van der Waals surface area (Å²) in [6.07, 6.45) is 2.09. The van der Waals surface area contributed by atoms with Gasteiger partial charge in [-0.2, -0.15) is 0 Å². The van der Waals surface area contributed by atoms with Gasteiger partial charge in [-0.3, -0.25) is 4.98 Å². The molecule has 0 unspecified atom stereocenters. The molecule has 3 heteroatoms. The molecule has 0 aliphatic rings. The van der Waals surface area contributed by atoms with E-state index in [2.05, 4.69) is 4.98 Å². The third kappa shape index (κ3) is 2.28. The molecule has 0 fully saturated rings. The normalized spacial score (nSPS) is 11.8. The minimum Gasteiger partial charge on any atom is -0.367 e. The second-order valence-electron chi connectivity index (χ2n) is 4.88. The Morgan fingerprint density at radius 1 is 1.06 bits per heavy atom. The minimum absolute atomic E-state index is 0.730. The monoisotopic (exact) mass is 243 g/mol. The fourth-order valence-corrected chi connectivity index (χ4v) is 1.96.